The van der Waals surface area contributed by atoms with Crippen LogP contribution in [0.3, 0.4) is 0 Å². The van der Waals surface area contributed by atoms with Crippen LogP contribution < -0.4 is 0 Å². The molecule has 0 aliphatic heterocycles. The molecule has 1 N–H and O–H groups in total. The van der Waals surface area contributed by atoms with Crippen molar-refractivity contribution in [3.05, 3.63) is 48.9 Å². The maximum absolute atomic E-state index is 11.8. The van der Waals surface area contributed by atoms with Crippen LogP contribution in [-0.2, 0) is 13.8 Å². The molecule has 0 rings (SSSR count). The summed E-state index contributed by atoms with van der Waals surface area (Å²) < 4.78 is 10.7. The Balaban J connectivity index is -0.00000102. The van der Waals surface area contributed by atoms with Gasteiger partial charge in [0.25, 0.3) is 5.91 Å². The number of amides is 1. The summed E-state index contributed by atoms with van der Waals surface area (Å²) in [4.78, 5) is 11.8. The van der Waals surface area contributed by atoms with Crippen molar-refractivity contribution in [1.82, 2.24) is 5.06 Å². The third kappa shape index (κ3) is 14.3. The van der Waals surface area contributed by atoms with Crippen molar-refractivity contribution in [3.63, 3.8) is 0 Å². The Morgan fingerprint density at radius 1 is 1.12 bits per heavy atom. The van der Waals surface area contributed by atoms with E-state index in [2.05, 4.69) is 13.2 Å². The molecule has 140 valence electrons. The minimum atomic E-state index is -1.12. The minimum Gasteiger partial charge on any atom is -0.331 e. The Morgan fingerprint density at radius 2 is 1.62 bits per heavy atom. The molecular formula is C18H34NO4P. The maximum Gasteiger partial charge on any atom is 0.277 e. The van der Waals surface area contributed by atoms with Crippen LogP contribution in [0.15, 0.2) is 48.9 Å². The molecule has 0 saturated heterocycles. The van der Waals surface area contributed by atoms with Crippen molar-refractivity contribution >= 4 is 14.3 Å². The monoisotopic (exact) mass is 359 g/mol. The fourth-order valence-corrected chi connectivity index (χ4v) is 2.22. The van der Waals surface area contributed by atoms with Crippen LogP contribution in [0.1, 0.15) is 41.5 Å². The standard InChI is InChI=1S/C14H22NO4P.2C2H6/c1-5-10-13(6-2)14(16)15(17)11-9-12-20(18-7-3)19-8-4;2*1-2/h5-6,9-10,12,17H,1-2,7-8,11H2,3-4H3;2*1-2H3/b12-9+,13-10+;;. The highest BCUT2D eigenvalue weighted by Gasteiger charge is 2.12. The van der Waals surface area contributed by atoms with Gasteiger partial charge in [0.05, 0.1) is 19.8 Å². The first-order chi connectivity index (χ1) is 11.6. The van der Waals surface area contributed by atoms with Gasteiger partial charge in [-0.15, -0.1) is 0 Å². The molecular weight excluding hydrogens is 325 g/mol. The third-order valence-electron chi connectivity index (χ3n) is 2.02. The third-order valence-corrected chi connectivity index (χ3v) is 3.50. The average molecular weight is 359 g/mol. The lowest BCUT2D eigenvalue weighted by molar-refractivity contribution is -0.157. The van der Waals surface area contributed by atoms with Gasteiger partial charge in [0.2, 0.25) is 0 Å². The van der Waals surface area contributed by atoms with E-state index in [0.717, 1.165) is 0 Å². The first-order valence-electron chi connectivity index (χ1n) is 8.28. The number of allylic oxidation sites excluding steroid dienone is 2. The van der Waals surface area contributed by atoms with Gasteiger partial charge in [-0.25, -0.2) is 5.06 Å². The summed E-state index contributed by atoms with van der Waals surface area (Å²) in [6.07, 6.45) is 5.94. The van der Waals surface area contributed by atoms with Crippen LogP contribution in [0.4, 0.5) is 0 Å². The molecule has 0 aromatic rings. The molecule has 6 heteroatoms. The van der Waals surface area contributed by atoms with Gasteiger partial charge in [-0.1, -0.05) is 59.1 Å². The predicted molar refractivity (Wildman–Crippen MR) is 104 cm³/mol. The summed E-state index contributed by atoms with van der Waals surface area (Å²) in [5.41, 5.74) is 0.271. The van der Waals surface area contributed by atoms with Crippen molar-refractivity contribution in [2.75, 3.05) is 19.8 Å². The first kappa shape index (κ1) is 27.6. The number of carbonyl (C=O) groups excluding carboxylic acids is 1. The molecule has 0 atom stereocenters. The summed E-state index contributed by atoms with van der Waals surface area (Å²) in [6, 6.07) is 0. The smallest absolute Gasteiger partial charge is 0.277 e. The van der Waals surface area contributed by atoms with Crippen LogP contribution in [0.2, 0.25) is 0 Å². The van der Waals surface area contributed by atoms with Crippen molar-refractivity contribution < 1.29 is 19.0 Å². The zero-order chi connectivity index (χ0) is 19.4. The van der Waals surface area contributed by atoms with Gasteiger partial charge < -0.3 is 9.05 Å². The first-order valence-corrected chi connectivity index (χ1v) is 9.52. The SMILES string of the molecule is C=C/C=C(\C=C)C(=O)N(O)C/C=C/P(OCC)OCC.CC.CC. The topological polar surface area (TPSA) is 59.0 Å². The molecule has 0 fully saturated rings. The van der Waals surface area contributed by atoms with E-state index in [1.54, 1.807) is 11.9 Å². The lowest BCUT2D eigenvalue weighted by Crippen LogP contribution is -2.28. The lowest BCUT2D eigenvalue weighted by Gasteiger charge is -2.14. The highest BCUT2D eigenvalue weighted by molar-refractivity contribution is 7.50. The summed E-state index contributed by atoms with van der Waals surface area (Å²) in [6.45, 7) is 19.9. The van der Waals surface area contributed by atoms with Crippen LogP contribution >= 0.6 is 8.38 Å². The van der Waals surface area contributed by atoms with Crippen molar-refractivity contribution in [3.8, 4) is 0 Å². The molecule has 0 aromatic heterocycles. The van der Waals surface area contributed by atoms with Crippen molar-refractivity contribution in [2.24, 2.45) is 0 Å². The molecule has 0 aliphatic rings. The zero-order valence-electron chi connectivity index (χ0n) is 16.0. The number of nitrogens with zero attached hydrogens (tertiary/aromatic N) is 1. The molecule has 0 unspecified atom stereocenters. The number of rotatable bonds is 10. The van der Waals surface area contributed by atoms with E-state index in [4.69, 9.17) is 9.05 Å². The highest BCUT2D eigenvalue weighted by atomic mass is 31.2. The van der Waals surface area contributed by atoms with Gasteiger partial charge in [-0.2, -0.15) is 0 Å². The molecule has 0 aliphatic carbocycles. The molecule has 5 nitrogen and oxygen atoms in total. The van der Waals surface area contributed by atoms with Crippen molar-refractivity contribution in [2.45, 2.75) is 41.5 Å². The van der Waals surface area contributed by atoms with Crippen LogP contribution in [0, 0.1) is 0 Å². The number of hydrogen-bond acceptors (Lipinski definition) is 4. The largest absolute Gasteiger partial charge is 0.331 e. The fraction of sp³-hybridized carbons (Fsp3) is 0.500. The molecule has 1 amide bonds. The number of carbonyl (C=O) groups is 1. The molecule has 0 heterocycles. The van der Waals surface area contributed by atoms with Gasteiger partial charge in [-0.3, -0.25) is 10.0 Å². The van der Waals surface area contributed by atoms with Gasteiger partial charge in [0, 0.05) is 5.57 Å². The summed E-state index contributed by atoms with van der Waals surface area (Å²) in [5.74, 6) is 1.17. The van der Waals surface area contributed by atoms with Crippen molar-refractivity contribution in [1.29, 1.82) is 0 Å². The molecule has 0 aromatic carbocycles. The molecule has 24 heavy (non-hydrogen) atoms. The van der Waals surface area contributed by atoms with Crippen LogP contribution in [0.25, 0.3) is 0 Å². The highest BCUT2D eigenvalue weighted by Crippen LogP contribution is 2.39. The maximum atomic E-state index is 11.8. The quantitative estimate of drug-likeness (QED) is 0.185. The Labute approximate surface area is 149 Å². The summed E-state index contributed by atoms with van der Waals surface area (Å²) >= 11 is 0. The van der Waals surface area contributed by atoms with E-state index in [1.165, 1.54) is 18.2 Å². The second kappa shape index (κ2) is 21.7. The van der Waals surface area contributed by atoms with E-state index < -0.39 is 14.3 Å². The van der Waals surface area contributed by atoms with Gasteiger partial charge in [-0.05, 0) is 25.7 Å². The van der Waals surface area contributed by atoms with E-state index in [-0.39, 0.29) is 12.1 Å². The summed E-state index contributed by atoms with van der Waals surface area (Å²) in [5, 5.41) is 10.2. The predicted octanol–water partition coefficient (Wildman–Crippen LogP) is 5.45. The van der Waals surface area contributed by atoms with E-state index in [0.29, 0.717) is 18.3 Å². The van der Waals surface area contributed by atoms with Gasteiger partial charge >= 0.3 is 0 Å². The van der Waals surface area contributed by atoms with Crippen LogP contribution in [-0.4, -0.2) is 35.9 Å². The zero-order valence-corrected chi connectivity index (χ0v) is 16.9. The Kier molecular flexibility index (Phi) is 25.0. The number of hydrogen-bond donors (Lipinski definition) is 1. The Morgan fingerprint density at radius 3 is 2.00 bits per heavy atom. The van der Waals surface area contributed by atoms with E-state index >= 15 is 0 Å². The fourth-order valence-electron chi connectivity index (χ4n) is 1.20. The molecule has 0 spiro atoms. The second-order valence-electron chi connectivity index (χ2n) is 3.45. The Hall–Kier alpha value is -1.26. The summed E-state index contributed by atoms with van der Waals surface area (Å²) in [7, 11) is -1.12. The molecule has 0 radical (unpaired) electrons. The molecule has 0 saturated carbocycles. The van der Waals surface area contributed by atoms with E-state index in [1.807, 2.05) is 41.5 Å². The average Bonchev–Trinajstić information content (AvgIpc) is 2.62. The number of hydroxylamine groups is 2. The van der Waals surface area contributed by atoms with E-state index in [9.17, 15) is 10.0 Å². The lowest BCUT2D eigenvalue weighted by atomic mass is 10.2. The second-order valence-corrected chi connectivity index (χ2v) is 4.84. The van der Waals surface area contributed by atoms with Gasteiger partial charge in [0.15, 0.2) is 8.38 Å². The normalized spacial score (nSPS) is 10.4. The molecule has 0 bridgehead atoms. The minimum absolute atomic E-state index is 0.0418. The Bertz CT molecular complexity index is 375. The van der Waals surface area contributed by atoms with Gasteiger partial charge in [0.1, 0.15) is 0 Å². The van der Waals surface area contributed by atoms with Crippen LogP contribution in [0.5, 0.6) is 0 Å².